The highest BCUT2D eigenvalue weighted by Gasteiger charge is 2.29. The molecule has 1 saturated heterocycles. The van der Waals surface area contributed by atoms with Crippen LogP contribution in [0.2, 0.25) is 0 Å². The van der Waals surface area contributed by atoms with Crippen molar-refractivity contribution in [2.75, 3.05) is 16.6 Å². The van der Waals surface area contributed by atoms with Gasteiger partial charge < -0.3 is 5.32 Å². The molecule has 2 aromatic rings. The lowest BCUT2D eigenvalue weighted by Gasteiger charge is -2.24. The van der Waals surface area contributed by atoms with Gasteiger partial charge in [-0.3, -0.25) is 13.8 Å². The molecule has 0 saturated carbocycles. The molecule has 4 rings (SSSR count). The van der Waals surface area contributed by atoms with Gasteiger partial charge in [-0.05, 0) is 43.9 Å². The van der Waals surface area contributed by atoms with Gasteiger partial charge in [0.05, 0.1) is 23.7 Å². The molecule has 2 heterocycles. The van der Waals surface area contributed by atoms with E-state index < -0.39 is 10.0 Å². The Balaban J connectivity index is 1.55. The van der Waals surface area contributed by atoms with E-state index >= 15 is 0 Å². The summed E-state index contributed by atoms with van der Waals surface area (Å²) in [6, 6.07) is 6.78. The van der Waals surface area contributed by atoms with Crippen LogP contribution in [0.3, 0.4) is 0 Å². The molecule has 1 aliphatic carbocycles. The van der Waals surface area contributed by atoms with Gasteiger partial charge in [-0.2, -0.15) is 5.10 Å². The van der Waals surface area contributed by atoms with Crippen LogP contribution in [0.25, 0.3) is 0 Å². The quantitative estimate of drug-likeness (QED) is 0.887. The first-order valence-electron chi connectivity index (χ1n) is 8.88. The summed E-state index contributed by atoms with van der Waals surface area (Å²) >= 11 is 0. The second-order valence-electron chi connectivity index (χ2n) is 6.88. The Kier molecular flexibility index (Phi) is 4.22. The van der Waals surface area contributed by atoms with Crippen LogP contribution in [-0.4, -0.2) is 36.4 Å². The number of sulfonamides is 1. The average Bonchev–Trinajstić information content (AvgIpc) is 3.18. The molecule has 1 fully saturated rings. The van der Waals surface area contributed by atoms with Crippen molar-refractivity contribution in [2.24, 2.45) is 7.05 Å². The summed E-state index contributed by atoms with van der Waals surface area (Å²) in [5.74, 6) is -0.0277. The third-order valence-corrected chi connectivity index (χ3v) is 7.05. The average molecular weight is 374 g/mol. The van der Waals surface area contributed by atoms with E-state index in [0.29, 0.717) is 24.2 Å². The van der Waals surface area contributed by atoms with Gasteiger partial charge >= 0.3 is 0 Å². The molecule has 0 radical (unpaired) electrons. The van der Waals surface area contributed by atoms with Gasteiger partial charge in [0.2, 0.25) is 10.0 Å². The van der Waals surface area contributed by atoms with Crippen LogP contribution in [0, 0.1) is 0 Å². The Labute approximate surface area is 153 Å². The van der Waals surface area contributed by atoms with Crippen LogP contribution in [0.15, 0.2) is 30.5 Å². The van der Waals surface area contributed by atoms with Gasteiger partial charge in [0, 0.05) is 30.4 Å². The molecule has 138 valence electrons. The fourth-order valence-corrected chi connectivity index (χ4v) is 5.39. The van der Waals surface area contributed by atoms with E-state index in [1.165, 1.54) is 10.00 Å². The zero-order chi connectivity index (χ0) is 18.3. The zero-order valence-corrected chi connectivity index (χ0v) is 15.5. The lowest BCUT2D eigenvalue weighted by molar-refractivity contribution is 0.0932. The van der Waals surface area contributed by atoms with Crippen LogP contribution in [-0.2, 0) is 23.5 Å². The van der Waals surface area contributed by atoms with E-state index in [4.69, 9.17) is 0 Å². The third-order valence-electron chi connectivity index (χ3n) is 5.18. The number of amides is 1. The number of benzene rings is 1. The summed E-state index contributed by atoms with van der Waals surface area (Å²) in [4.78, 5) is 12.8. The molecule has 1 aliphatic heterocycles. The minimum absolute atomic E-state index is 0.0564. The number of carbonyl (C=O) groups excluding carboxylic acids is 1. The van der Waals surface area contributed by atoms with E-state index in [9.17, 15) is 13.2 Å². The fraction of sp³-hybridized carbons (Fsp3) is 0.444. The highest BCUT2D eigenvalue weighted by Crippen LogP contribution is 2.30. The highest BCUT2D eigenvalue weighted by molar-refractivity contribution is 7.93. The summed E-state index contributed by atoms with van der Waals surface area (Å²) in [5, 5.41) is 7.39. The SMILES string of the molecule is Cn1ncc2c1CCCC2NC(=O)c1cccc(N2CCCS2(=O)=O)c1. The van der Waals surface area contributed by atoms with Crippen molar-refractivity contribution in [3.8, 4) is 0 Å². The van der Waals surface area contributed by atoms with Crippen molar-refractivity contribution in [2.45, 2.75) is 31.7 Å². The Hall–Kier alpha value is -2.35. The first-order chi connectivity index (χ1) is 12.5. The van der Waals surface area contributed by atoms with Crippen LogP contribution < -0.4 is 9.62 Å². The Morgan fingerprint density at radius 1 is 1.31 bits per heavy atom. The van der Waals surface area contributed by atoms with E-state index in [0.717, 1.165) is 24.8 Å². The Bertz CT molecular complexity index is 951. The number of nitrogens with one attached hydrogen (secondary N) is 1. The van der Waals surface area contributed by atoms with Gasteiger partial charge in [-0.15, -0.1) is 0 Å². The molecule has 8 heteroatoms. The summed E-state index contributed by atoms with van der Waals surface area (Å²) in [5.41, 5.74) is 3.27. The number of nitrogens with zero attached hydrogens (tertiary/aromatic N) is 3. The van der Waals surface area contributed by atoms with Crippen LogP contribution in [0.5, 0.6) is 0 Å². The normalized spacial score (nSPS) is 21.4. The maximum atomic E-state index is 12.8. The number of aryl methyl sites for hydroxylation is 1. The predicted molar refractivity (Wildman–Crippen MR) is 98.5 cm³/mol. The molecule has 2 aliphatic rings. The summed E-state index contributed by atoms with van der Waals surface area (Å²) in [6.45, 7) is 0.467. The Morgan fingerprint density at radius 2 is 2.15 bits per heavy atom. The van der Waals surface area contributed by atoms with Gasteiger partial charge in [0.15, 0.2) is 0 Å². The summed E-state index contributed by atoms with van der Waals surface area (Å²) in [6.07, 6.45) is 5.30. The highest BCUT2D eigenvalue weighted by atomic mass is 32.2. The van der Waals surface area contributed by atoms with Crippen LogP contribution >= 0.6 is 0 Å². The van der Waals surface area contributed by atoms with Crippen molar-refractivity contribution in [1.82, 2.24) is 15.1 Å². The standard InChI is InChI=1S/C18H22N4O3S/c1-21-17-8-3-7-16(15(17)12-19-21)20-18(23)13-5-2-6-14(11-13)22-9-4-10-26(22,24)25/h2,5-6,11-12,16H,3-4,7-10H2,1H3,(H,20,23). The van der Waals surface area contributed by atoms with Gasteiger partial charge in [-0.25, -0.2) is 8.42 Å². The topological polar surface area (TPSA) is 84.3 Å². The van der Waals surface area contributed by atoms with Crippen LogP contribution in [0.1, 0.15) is 46.9 Å². The predicted octanol–water partition coefficient (Wildman–Crippen LogP) is 1.77. The fourth-order valence-electron chi connectivity index (χ4n) is 3.83. The molecule has 1 N–H and O–H groups in total. The molecule has 1 atom stereocenters. The molecular weight excluding hydrogens is 352 g/mol. The van der Waals surface area contributed by atoms with E-state index in [1.807, 2.05) is 17.9 Å². The van der Waals surface area contributed by atoms with Crippen molar-refractivity contribution in [1.29, 1.82) is 0 Å². The molecular formula is C18H22N4O3S. The molecule has 1 amide bonds. The molecule has 0 bridgehead atoms. The van der Waals surface area contributed by atoms with Crippen molar-refractivity contribution >= 4 is 21.6 Å². The maximum absolute atomic E-state index is 12.8. The van der Waals surface area contributed by atoms with Crippen molar-refractivity contribution < 1.29 is 13.2 Å². The first kappa shape index (κ1) is 17.1. The number of hydrogen-bond acceptors (Lipinski definition) is 4. The van der Waals surface area contributed by atoms with E-state index in [1.54, 1.807) is 24.3 Å². The molecule has 1 aromatic carbocycles. The number of aromatic nitrogens is 2. The number of rotatable bonds is 3. The van der Waals surface area contributed by atoms with Gasteiger partial charge in [0.25, 0.3) is 5.91 Å². The number of hydrogen-bond donors (Lipinski definition) is 1. The summed E-state index contributed by atoms with van der Waals surface area (Å²) < 4.78 is 27.5. The van der Waals surface area contributed by atoms with Crippen molar-refractivity contribution in [3.63, 3.8) is 0 Å². The minimum Gasteiger partial charge on any atom is -0.345 e. The molecule has 26 heavy (non-hydrogen) atoms. The lowest BCUT2D eigenvalue weighted by Crippen LogP contribution is -2.31. The van der Waals surface area contributed by atoms with Gasteiger partial charge in [0.1, 0.15) is 0 Å². The minimum atomic E-state index is -3.26. The molecule has 1 aromatic heterocycles. The smallest absolute Gasteiger partial charge is 0.251 e. The van der Waals surface area contributed by atoms with Crippen LogP contribution in [0.4, 0.5) is 5.69 Å². The summed E-state index contributed by atoms with van der Waals surface area (Å²) in [7, 11) is -1.34. The molecule has 0 spiro atoms. The monoisotopic (exact) mass is 374 g/mol. The number of fused-ring (bicyclic) bond motifs is 1. The third kappa shape index (κ3) is 2.98. The largest absolute Gasteiger partial charge is 0.345 e. The Morgan fingerprint density at radius 3 is 2.92 bits per heavy atom. The number of carbonyl (C=O) groups is 1. The molecule has 1 unspecified atom stereocenters. The lowest BCUT2D eigenvalue weighted by atomic mass is 9.92. The number of anilines is 1. The van der Waals surface area contributed by atoms with E-state index in [2.05, 4.69) is 10.4 Å². The zero-order valence-electron chi connectivity index (χ0n) is 14.7. The maximum Gasteiger partial charge on any atom is 0.251 e. The van der Waals surface area contributed by atoms with Gasteiger partial charge in [-0.1, -0.05) is 6.07 Å². The van der Waals surface area contributed by atoms with Crippen molar-refractivity contribution in [3.05, 3.63) is 47.3 Å². The molecule has 7 nitrogen and oxygen atoms in total. The second-order valence-corrected chi connectivity index (χ2v) is 8.89. The first-order valence-corrected chi connectivity index (χ1v) is 10.5. The van der Waals surface area contributed by atoms with E-state index in [-0.39, 0.29) is 17.7 Å². The second kappa shape index (κ2) is 6.42.